The van der Waals surface area contributed by atoms with Crippen LogP contribution in [0.2, 0.25) is 0 Å². The monoisotopic (exact) mass is 293 g/mol. The van der Waals surface area contributed by atoms with Crippen LogP contribution in [0.4, 0.5) is 4.39 Å². The zero-order valence-electron chi connectivity index (χ0n) is 8.86. The lowest BCUT2D eigenvalue weighted by molar-refractivity contribution is 0.0988. The molecule has 0 aliphatic carbocycles. The summed E-state index contributed by atoms with van der Waals surface area (Å²) in [6, 6.07) is 9.99. The summed E-state index contributed by atoms with van der Waals surface area (Å²) < 4.78 is 14.0. The molecule has 0 saturated heterocycles. The van der Waals surface area contributed by atoms with E-state index in [9.17, 15) is 9.18 Å². The second kappa shape index (κ2) is 5.19. The van der Waals surface area contributed by atoms with Crippen LogP contribution in [-0.4, -0.2) is 10.8 Å². The molecule has 2 rings (SSSR count). The summed E-state index contributed by atoms with van der Waals surface area (Å²) in [7, 11) is 0. The Morgan fingerprint density at radius 3 is 2.76 bits per heavy atom. The smallest absolute Gasteiger partial charge is 0.171 e. The summed E-state index contributed by atoms with van der Waals surface area (Å²) in [5.74, 6) is -0.795. The van der Waals surface area contributed by atoms with Crippen molar-refractivity contribution in [1.29, 1.82) is 0 Å². The van der Waals surface area contributed by atoms with E-state index in [0.717, 1.165) is 0 Å². The van der Waals surface area contributed by atoms with E-state index in [1.807, 2.05) is 0 Å². The van der Waals surface area contributed by atoms with Gasteiger partial charge in [-0.1, -0.05) is 12.1 Å². The molecule has 0 fully saturated rings. The number of aromatic nitrogens is 1. The van der Waals surface area contributed by atoms with E-state index in [2.05, 4.69) is 20.9 Å². The van der Waals surface area contributed by atoms with Crippen molar-refractivity contribution in [2.45, 2.75) is 6.42 Å². The Morgan fingerprint density at radius 2 is 2.06 bits per heavy atom. The number of carbonyl (C=O) groups is 1. The fourth-order valence-electron chi connectivity index (χ4n) is 1.48. The fourth-order valence-corrected chi connectivity index (χ4v) is 1.85. The quantitative estimate of drug-likeness (QED) is 0.812. The van der Waals surface area contributed by atoms with Crippen molar-refractivity contribution in [3.63, 3.8) is 0 Å². The predicted octanol–water partition coefficient (Wildman–Crippen LogP) is 3.41. The highest BCUT2D eigenvalue weighted by Crippen LogP contribution is 2.19. The second-order valence-electron chi connectivity index (χ2n) is 3.52. The Bertz CT molecular complexity index is 542. The summed E-state index contributed by atoms with van der Waals surface area (Å²) >= 11 is 3.06. The minimum Gasteiger partial charge on any atom is -0.294 e. The van der Waals surface area contributed by atoms with Crippen molar-refractivity contribution >= 4 is 21.7 Å². The normalized spacial score (nSPS) is 10.2. The van der Waals surface area contributed by atoms with E-state index in [-0.39, 0.29) is 17.8 Å². The number of rotatable bonds is 3. The van der Waals surface area contributed by atoms with Gasteiger partial charge in [-0.3, -0.25) is 9.78 Å². The highest BCUT2D eigenvalue weighted by Gasteiger charge is 2.14. The average molecular weight is 294 g/mol. The van der Waals surface area contributed by atoms with Gasteiger partial charge in [-0.05, 0) is 40.2 Å². The van der Waals surface area contributed by atoms with Gasteiger partial charge in [-0.15, -0.1) is 0 Å². The number of pyridine rings is 1. The zero-order valence-corrected chi connectivity index (χ0v) is 10.4. The summed E-state index contributed by atoms with van der Waals surface area (Å²) in [4.78, 5) is 15.9. The number of hydrogen-bond donors (Lipinski definition) is 0. The van der Waals surface area contributed by atoms with E-state index in [1.165, 1.54) is 6.07 Å². The van der Waals surface area contributed by atoms with Gasteiger partial charge in [0.2, 0.25) is 0 Å². The predicted molar refractivity (Wildman–Crippen MR) is 66.4 cm³/mol. The van der Waals surface area contributed by atoms with Crippen molar-refractivity contribution < 1.29 is 9.18 Å². The van der Waals surface area contributed by atoms with Crippen LogP contribution in [0.15, 0.2) is 47.1 Å². The van der Waals surface area contributed by atoms with Gasteiger partial charge >= 0.3 is 0 Å². The Labute approximate surface area is 107 Å². The number of benzene rings is 1. The first kappa shape index (κ1) is 11.9. The number of halogens is 2. The third-order valence-electron chi connectivity index (χ3n) is 2.32. The molecule has 1 aromatic carbocycles. The van der Waals surface area contributed by atoms with Crippen LogP contribution >= 0.6 is 15.9 Å². The molecule has 0 N–H and O–H groups in total. The topological polar surface area (TPSA) is 30.0 Å². The van der Waals surface area contributed by atoms with Crippen LogP contribution in [0, 0.1) is 5.82 Å². The molecule has 17 heavy (non-hydrogen) atoms. The van der Waals surface area contributed by atoms with Crippen molar-refractivity contribution in [3.8, 4) is 0 Å². The van der Waals surface area contributed by atoms with Gasteiger partial charge < -0.3 is 0 Å². The fraction of sp³-hybridized carbons (Fsp3) is 0.0769. The largest absolute Gasteiger partial charge is 0.294 e. The van der Waals surface area contributed by atoms with Crippen molar-refractivity contribution in [2.24, 2.45) is 0 Å². The Balaban J connectivity index is 2.24. The van der Waals surface area contributed by atoms with Gasteiger partial charge in [0.25, 0.3) is 0 Å². The zero-order chi connectivity index (χ0) is 12.3. The molecule has 1 aromatic heterocycles. The molecule has 0 aliphatic rings. The molecule has 0 atom stereocenters. The number of Topliss-reactive ketones (excluding diaryl/α,β-unsaturated/α-hetero) is 1. The van der Waals surface area contributed by atoms with Crippen LogP contribution in [0.5, 0.6) is 0 Å². The molecule has 0 saturated carbocycles. The third-order valence-corrected chi connectivity index (χ3v) is 2.93. The average Bonchev–Trinajstić information content (AvgIpc) is 2.34. The van der Waals surface area contributed by atoms with Crippen LogP contribution < -0.4 is 0 Å². The molecule has 0 unspecified atom stereocenters. The molecular formula is C13H9BrFNO. The Hall–Kier alpha value is -1.55. The Kier molecular flexibility index (Phi) is 3.64. The van der Waals surface area contributed by atoms with Gasteiger partial charge in [0.05, 0.1) is 16.5 Å². The van der Waals surface area contributed by atoms with Crippen molar-refractivity contribution in [2.75, 3.05) is 0 Å². The standard InChI is InChI=1S/C13H9BrFNO/c14-11-6-3-5-10(13(11)15)12(17)8-9-4-1-2-7-16-9/h1-7H,8H2. The van der Waals surface area contributed by atoms with E-state index in [4.69, 9.17) is 0 Å². The van der Waals surface area contributed by atoms with Gasteiger partial charge in [0, 0.05) is 11.9 Å². The molecular weight excluding hydrogens is 285 g/mol. The first-order chi connectivity index (χ1) is 8.18. The number of hydrogen-bond acceptors (Lipinski definition) is 2. The van der Waals surface area contributed by atoms with Crippen molar-refractivity contribution in [3.05, 3.63) is 64.1 Å². The van der Waals surface area contributed by atoms with Crippen LogP contribution in [-0.2, 0) is 6.42 Å². The van der Waals surface area contributed by atoms with Crippen LogP contribution in [0.3, 0.4) is 0 Å². The second-order valence-corrected chi connectivity index (χ2v) is 4.38. The van der Waals surface area contributed by atoms with Gasteiger partial charge in [0.1, 0.15) is 5.82 Å². The van der Waals surface area contributed by atoms with E-state index in [1.54, 1.807) is 36.5 Å². The molecule has 0 spiro atoms. The molecule has 1 heterocycles. The minimum absolute atomic E-state index is 0.0880. The first-order valence-corrected chi connectivity index (χ1v) is 5.85. The molecule has 4 heteroatoms. The van der Waals surface area contributed by atoms with Gasteiger partial charge in [0.15, 0.2) is 5.78 Å². The Morgan fingerprint density at radius 1 is 1.24 bits per heavy atom. The molecule has 86 valence electrons. The molecule has 0 amide bonds. The maximum Gasteiger partial charge on any atom is 0.171 e. The van der Waals surface area contributed by atoms with Gasteiger partial charge in [-0.2, -0.15) is 0 Å². The summed E-state index contributed by atoms with van der Waals surface area (Å²) in [5, 5.41) is 0. The maximum absolute atomic E-state index is 13.7. The SMILES string of the molecule is O=C(Cc1ccccn1)c1cccc(Br)c1F. The highest BCUT2D eigenvalue weighted by atomic mass is 79.9. The van der Waals surface area contributed by atoms with Crippen LogP contribution in [0.25, 0.3) is 0 Å². The molecule has 2 nitrogen and oxygen atoms in total. The highest BCUT2D eigenvalue weighted by molar-refractivity contribution is 9.10. The molecule has 0 bridgehead atoms. The van der Waals surface area contributed by atoms with E-state index < -0.39 is 5.82 Å². The lowest BCUT2D eigenvalue weighted by Crippen LogP contribution is -2.07. The molecule has 0 radical (unpaired) electrons. The lowest BCUT2D eigenvalue weighted by Gasteiger charge is -2.03. The van der Waals surface area contributed by atoms with E-state index >= 15 is 0 Å². The number of carbonyl (C=O) groups excluding carboxylic acids is 1. The number of ketones is 1. The van der Waals surface area contributed by atoms with E-state index in [0.29, 0.717) is 10.2 Å². The molecule has 0 aliphatic heterocycles. The number of nitrogens with zero attached hydrogens (tertiary/aromatic N) is 1. The first-order valence-electron chi connectivity index (χ1n) is 5.05. The minimum atomic E-state index is -0.520. The molecule has 2 aromatic rings. The summed E-state index contributed by atoms with van der Waals surface area (Å²) in [5.41, 5.74) is 0.724. The summed E-state index contributed by atoms with van der Waals surface area (Å²) in [6.45, 7) is 0. The third kappa shape index (κ3) is 2.77. The summed E-state index contributed by atoms with van der Waals surface area (Å²) in [6.07, 6.45) is 1.72. The van der Waals surface area contributed by atoms with Gasteiger partial charge in [-0.25, -0.2) is 4.39 Å². The van der Waals surface area contributed by atoms with Crippen molar-refractivity contribution in [1.82, 2.24) is 4.98 Å². The lowest BCUT2D eigenvalue weighted by atomic mass is 10.1. The maximum atomic E-state index is 13.7. The van der Waals surface area contributed by atoms with Crippen LogP contribution in [0.1, 0.15) is 16.1 Å².